The molecule has 0 radical (unpaired) electrons. The maximum Gasteiger partial charge on any atom is 0.222 e. The minimum absolute atomic E-state index is 0.452. The molecule has 0 amide bonds. The molecule has 5 heteroatoms. The van der Waals surface area contributed by atoms with Crippen LogP contribution in [0.25, 0.3) is 0 Å². The second-order valence-corrected chi connectivity index (χ2v) is 3.53. The molecule has 0 aliphatic carbocycles. The van der Waals surface area contributed by atoms with Crippen molar-refractivity contribution in [3.05, 3.63) is 47.4 Å². The average Bonchev–Trinajstić information content (AvgIpc) is 2.33. The largest absolute Gasteiger partial charge is 0.437 e. The number of aromatic nitrogens is 2. The Morgan fingerprint density at radius 1 is 1.31 bits per heavy atom. The van der Waals surface area contributed by atoms with Gasteiger partial charge in [0.05, 0.1) is 5.02 Å². The lowest BCUT2D eigenvalue weighted by atomic mass is 10.2. The molecule has 0 saturated carbocycles. The summed E-state index contributed by atoms with van der Waals surface area (Å²) in [6.07, 6.45) is 3.02. The van der Waals surface area contributed by atoms with Crippen LogP contribution in [-0.2, 0) is 6.54 Å². The van der Waals surface area contributed by atoms with Crippen LogP contribution in [0, 0.1) is 0 Å². The molecule has 0 spiro atoms. The lowest BCUT2D eigenvalue weighted by Gasteiger charge is -2.07. The summed E-state index contributed by atoms with van der Waals surface area (Å²) in [6.45, 7) is 0.452. The van der Waals surface area contributed by atoms with Crippen LogP contribution in [0.1, 0.15) is 5.56 Å². The summed E-state index contributed by atoms with van der Waals surface area (Å²) in [4.78, 5) is 7.74. The third-order valence-electron chi connectivity index (χ3n) is 2.00. The average molecular weight is 236 g/mol. The fourth-order valence-corrected chi connectivity index (χ4v) is 1.45. The molecule has 16 heavy (non-hydrogen) atoms. The fraction of sp³-hybridized carbons (Fsp3) is 0.0909. The predicted molar refractivity (Wildman–Crippen MR) is 61.4 cm³/mol. The van der Waals surface area contributed by atoms with E-state index in [2.05, 4.69) is 9.97 Å². The molecular weight excluding hydrogens is 226 g/mol. The van der Waals surface area contributed by atoms with Crippen molar-refractivity contribution in [1.29, 1.82) is 0 Å². The van der Waals surface area contributed by atoms with Gasteiger partial charge in [0, 0.05) is 18.8 Å². The number of nitrogens with zero attached hydrogens (tertiary/aromatic N) is 2. The van der Waals surface area contributed by atoms with Gasteiger partial charge in [0.2, 0.25) is 5.88 Å². The van der Waals surface area contributed by atoms with Crippen molar-refractivity contribution in [2.75, 3.05) is 0 Å². The molecule has 0 bridgehead atoms. The highest BCUT2D eigenvalue weighted by atomic mass is 35.5. The number of benzene rings is 1. The highest BCUT2D eigenvalue weighted by molar-refractivity contribution is 6.32. The molecule has 0 saturated heterocycles. The van der Waals surface area contributed by atoms with Crippen molar-refractivity contribution in [2.24, 2.45) is 5.73 Å². The zero-order chi connectivity index (χ0) is 11.4. The van der Waals surface area contributed by atoms with E-state index in [0.29, 0.717) is 23.2 Å². The standard InChI is InChI=1S/C11H10ClN3O/c12-9-5-8(6-13)1-2-10(9)16-11-3-4-14-7-15-11/h1-5,7H,6,13H2. The van der Waals surface area contributed by atoms with Gasteiger partial charge in [-0.25, -0.2) is 9.97 Å². The molecule has 0 fully saturated rings. The van der Waals surface area contributed by atoms with Crippen molar-refractivity contribution in [3.63, 3.8) is 0 Å². The lowest BCUT2D eigenvalue weighted by Crippen LogP contribution is -1.96. The first kappa shape index (κ1) is 10.9. The molecule has 1 aromatic carbocycles. The number of rotatable bonds is 3. The van der Waals surface area contributed by atoms with Gasteiger partial charge < -0.3 is 10.5 Å². The second kappa shape index (κ2) is 4.92. The van der Waals surface area contributed by atoms with E-state index in [1.807, 2.05) is 6.07 Å². The van der Waals surface area contributed by atoms with Crippen molar-refractivity contribution in [3.8, 4) is 11.6 Å². The van der Waals surface area contributed by atoms with Gasteiger partial charge in [0.15, 0.2) is 0 Å². The summed E-state index contributed by atoms with van der Waals surface area (Å²) in [7, 11) is 0. The first-order valence-electron chi connectivity index (χ1n) is 4.72. The van der Waals surface area contributed by atoms with Gasteiger partial charge >= 0.3 is 0 Å². The van der Waals surface area contributed by atoms with E-state index in [9.17, 15) is 0 Å². The molecule has 1 heterocycles. The first-order chi connectivity index (χ1) is 7.79. The van der Waals surface area contributed by atoms with Crippen LogP contribution in [0.4, 0.5) is 0 Å². The highest BCUT2D eigenvalue weighted by Crippen LogP contribution is 2.28. The lowest BCUT2D eigenvalue weighted by molar-refractivity contribution is 0.461. The normalized spacial score (nSPS) is 10.1. The maximum absolute atomic E-state index is 6.03. The minimum atomic E-state index is 0.452. The topological polar surface area (TPSA) is 61.0 Å². The first-order valence-corrected chi connectivity index (χ1v) is 5.10. The SMILES string of the molecule is NCc1ccc(Oc2ccncn2)c(Cl)c1. The van der Waals surface area contributed by atoms with Gasteiger partial charge in [-0.05, 0) is 17.7 Å². The Labute approximate surface area is 98.0 Å². The highest BCUT2D eigenvalue weighted by Gasteiger charge is 2.04. The molecule has 0 aliphatic heterocycles. The Morgan fingerprint density at radius 3 is 2.81 bits per heavy atom. The van der Waals surface area contributed by atoms with E-state index < -0.39 is 0 Å². The van der Waals surface area contributed by atoms with Gasteiger partial charge in [-0.2, -0.15) is 0 Å². The zero-order valence-electron chi connectivity index (χ0n) is 8.43. The Bertz CT molecular complexity index is 476. The molecular formula is C11H10ClN3O. The maximum atomic E-state index is 6.03. The fourth-order valence-electron chi connectivity index (χ4n) is 1.21. The summed E-state index contributed by atoms with van der Waals surface area (Å²) in [5.41, 5.74) is 6.46. The monoisotopic (exact) mass is 235 g/mol. The Morgan fingerprint density at radius 2 is 2.19 bits per heavy atom. The summed E-state index contributed by atoms with van der Waals surface area (Å²) < 4.78 is 5.48. The molecule has 4 nitrogen and oxygen atoms in total. The quantitative estimate of drug-likeness (QED) is 0.887. The van der Waals surface area contributed by atoms with Crippen LogP contribution in [0.2, 0.25) is 5.02 Å². The van der Waals surface area contributed by atoms with Crippen molar-refractivity contribution in [1.82, 2.24) is 9.97 Å². The van der Waals surface area contributed by atoms with Crippen LogP contribution in [0.3, 0.4) is 0 Å². The van der Waals surface area contributed by atoms with Gasteiger partial charge in [0.1, 0.15) is 12.1 Å². The van der Waals surface area contributed by atoms with Gasteiger partial charge in [0.25, 0.3) is 0 Å². The third kappa shape index (κ3) is 2.48. The van der Waals surface area contributed by atoms with Crippen LogP contribution in [0.15, 0.2) is 36.8 Å². The Balaban J connectivity index is 2.22. The van der Waals surface area contributed by atoms with Crippen molar-refractivity contribution >= 4 is 11.6 Å². The van der Waals surface area contributed by atoms with Crippen LogP contribution in [-0.4, -0.2) is 9.97 Å². The van der Waals surface area contributed by atoms with Crippen LogP contribution in [0.5, 0.6) is 11.6 Å². The van der Waals surface area contributed by atoms with Gasteiger partial charge in [-0.1, -0.05) is 17.7 Å². The van der Waals surface area contributed by atoms with Crippen LogP contribution >= 0.6 is 11.6 Å². The molecule has 2 N–H and O–H groups in total. The third-order valence-corrected chi connectivity index (χ3v) is 2.30. The predicted octanol–water partition coefficient (Wildman–Crippen LogP) is 2.38. The zero-order valence-corrected chi connectivity index (χ0v) is 9.19. The number of hydrogen-bond donors (Lipinski definition) is 1. The number of nitrogens with two attached hydrogens (primary N) is 1. The molecule has 0 atom stereocenters. The van der Waals surface area contributed by atoms with Gasteiger partial charge in [-0.3, -0.25) is 0 Å². The molecule has 2 aromatic rings. The summed E-state index contributed by atoms with van der Waals surface area (Å²) >= 11 is 6.03. The molecule has 1 aromatic heterocycles. The number of ether oxygens (including phenoxy) is 1. The second-order valence-electron chi connectivity index (χ2n) is 3.12. The van der Waals surface area contributed by atoms with Crippen molar-refractivity contribution < 1.29 is 4.74 Å². The molecule has 0 aliphatic rings. The van der Waals surface area contributed by atoms with E-state index in [0.717, 1.165) is 5.56 Å². The summed E-state index contributed by atoms with van der Waals surface area (Å²) in [5, 5.41) is 0.515. The van der Waals surface area contributed by atoms with E-state index in [4.69, 9.17) is 22.1 Å². The minimum Gasteiger partial charge on any atom is -0.437 e. The Kier molecular flexibility index (Phi) is 3.34. The smallest absolute Gasteiger partial charge is 0.222 e. The van der Waals surface area contributed by atoms with Crippen molar-refractivity contribution in [2.45, 2.75) is 6.54 Å². The molecule has 2 rings (SSSR count). The van der Waals surface area contributed by atoms with Gasteiger partial charge in [-0.15, -0.1) is 0 Å². The summed E-state index contributed by atoms with van der Waals surface area (Å²) in [5.74, 6) is 1.01. The number of hydrogen-bond acceptors (Lipinski definition) is 4. The Hall–Kier alpha value is -1.65. The van der Waals surface area contributed by atoms with E-state index in [1.165, 1.54) is 6.33 Å². The van der Waals surface area contributed by atoms with Crippen LogP contribution < -0.4 is 10.5 Å². The summed E-state index contributed by atoms with van der Waals surface area (Å²) in [6, 6.07) is 7.07. The van der Waals surface area contributed by atoms with E-state index >= 15 is 0 Å². The van der Waals surface area contributed by atoms with E-state index in [-0.39, 0.29) is 0 Å². The number of halogens is 1. The molecule has 82 valence electrons. The van der Waals surface area contributed by atoms with E-state index in [1.54, 1.807) is 24.4 Å². The molecule has 0 unspecified atom stereocenters.